The molecule has 3 rings (SSSR count). The van der Waals surface area contributed by atoms with Gasteiger partial charge in [0, 0.05) is 13.2 Å². The predicted octanol–water partition coefficient (Wildman–Crippen LogP) is 2.28. The molecule has 0 fully saturated rings. The lowest BCUT2D eigenvalue weighted by molar-refractivity contribution is -0.123. The number of furan rings is 1. The molecule has 9 nitrogen and oxygen atoms in total. The Labute approximate surface area is 163 Å². The van der Waals surface area contributed by atoms with Crippen LogP contribution in [0, 0.1) is 0 Å². The minimum absolute atomic E-state index is 0.233. The number of rotatable bonds is 6. The molecule has 0 aromatic carbocycles. The van der Waals surface area contributed by atoms with E-state index < -0.39 is 5.54 Å². The molecule has 0 unspecified atom stereocenters. The van der Waals surface area contributed by atoms with Gasteiger partial charge in [-0.1, -0.05) is 0 Å². The van der Waals surface area contributed by atoms with Crippen LogP contribution in [-0.4, -0.2) is 31.4 Å². The minimum Gasteiger partial charge on any atom is -0.467 e. The predicted molar refractivity (Wildman–Crippen MR) is 101 cm³/mol. The molecular formula is C17H19BrN6O3. The average Bonchev–Trinajstić information content (AvgIpc) is 3.35. The average molecular weight is 435 g/mol. The van der Waals surface area contributed by atoms with Crippen molar-refractivity contribution in [2.75, 3.05) is 5.32 Å². The summed E-state index contributed by atoms with van der Waals surface area (Å²) in [7, 11) is 1.63. The third-order valence-corrected chi connectivity index (χ3v) is 4.49. The van der Waals surface area contributed by atoms with Crippen molar-refractivity contribution in [2.45, 2.75) is 25.9 Å². The first-order chi connectivity index (χ1) is 12.8. The molecular weight excluding hydrogens is 416 g/mol. The van der Waals surface area contributed by atoms with Crippen LogP contribution in [0.4, 0.5) is 5.69 Å². The van der Waals surface area contributed by atoms with Gasteiger partial charge < -0.3 is 15.1 Å². The number of anilines is 1. The van der Waals surface area contributed by atoms with Gasteiger partial charge in [0.05, 0.1) is 35.4 Å². The number of nitrogens with one attached hydrogen (secondary N) is 2. The quantitative estimate of drug-likeness (QED) is 0.618. The number of carbonyl (C=O) groups is 2. The molecule has 0 atom stereocenters. The van der Waals surface area contributed by atoms with Gasteiger partial charge in [-0.25, -0.2) is 0 Å². The molecule has 2 N–H and O–H groups in total. The summed E-state index contributed by atoms with van der Waals surface area (Å²) in [5.41, 5.74) is -0.407. The van der Waals surface area contributed by atoms with Crippen LogP contribution in [0.25, 0.3) is 0 Å². The number of aryl methyl sites for hydroxylation is 1. The lowest BCUT2D eigenvalue weighted by atomic mass is 10.0. The van der Waals surface area contributed by atoms with Crippen molar-refractivity contribution >= 4 is 33.4 Å². The molecule has 3 aromatic heterocycles. The van der Waals surface area contributed by atoms with Crippen LogP contribution >= 0.6 is 15.9 Å². The van der Waals surface area contributed by atoms with Gasteiger partial charge in [0.15, 0.2) is 0 Å². The summed E-state index contributed by atoms with van der Waals surface area (Å²) in [6, 6.07) is 3.50. The van der Waals surface area contributed by atoms with E-state index in [0.717, 1.165) is 4.47 Å². The van der Waals surface area contributed by atoms with E-state index >= 15 is 0 Å². The van der Waals surface area contributed by atoms with E-state index in [9.17, 15) is 9.59 Å². The molecule has 0 bridgehead atoms. The maximum atomic E-state index is 12.8. The molecule has 142 valence electrons. The van der Waals surface area contributed by atoms with Gasteiger partial charge in [0.1, 0.15) is 17.0 Å². The third-order valence-electron chi connectivity index (χ3n) is 4.08. The maximum Gasteiger partial charge on any atom is 0.272 e. The molecule has 10 heteroatoms. The smallest absolute Gasteiger partial charge is 0.272 e. The highest BCUT2D eigenvalue weighted by Gasteiger charge is 2.32. The number of aromatic nitrogens is 4. The molecule has 3 aromatic rings. The summed E-state index contributed by atoms with van der Waals surface area (Å²) in [5, 5.41) is 13.8. The second-order valence-corrected chi connectivity index (χ2v) is 7.32. The summed E-state index contributed by atoms with van der Waals surface area (Å²) in [4.78, 5) is 25.4. The van der Waals surface area contributed by atoms with E-state index in [0.29, 0.717) is 11.4 Å². The Balaban J connectivity index is 1.75. The fourth-order valence-corrected chi connectivity index (χ4v) is 2.73. The number of hydrogen-bond acceptors (Lipinski definition) is 5. The van der Waals surface area contributed by atoms with Crippen LogP contribution in [0.5, 0.6) is 0 Å². The number of halogens is 1. The lowest BCUT2D eigenvalue weighted by Gasteiger charge is -2.24. The summed E-state index contributed by atoms with van der Waals surface area (Å²) >= 11 is 3.32. The molecule has 0 saturated carbocycles. The highest BCUT2D eigenvalue weighted by atomic mass is 79.9. The highest BCUT2D eigenvalue weighted by Crippen LogP contribution is 2.22. The van der Waals surface area contributed by atoms with E-state index in [-0.39, 0.29) is 24.1 Å². The topological polar surface area (TPSA) is 107 Å². The summed E-state index contributed by atoms with van der Waals surface area (Å²) in [5.74, 6) is -0.0750. The van der Waals surface area contributed by atoms with E-state index in [4.69, 9.17) is 4.42 Å². The van der Waals surface area contributed by atoms with E-state index in [1.807, 2.05) is 0 Å². The Kier molecular flexibility index (Phi) is 5.17. The Morgan fingerprint density at radius 3 is 2.70 bits per heavy atom. The van der Waals surface area contributed by atoms with Gasteiger partial charge >= 0.3 is 0 Å². The van der Waals surface area contributed by atoms with Crippen LogP contribution < -0.4 is 10.6 Å². The van der Waals surface area contributed by atoms with Crippen LogP contribution in [0.1, 0.15) is 30.1 Å². The first-order valence-electron chi connectivity index (χ1n) is 8.13. The minimum atomic E-state index is -0.968. The molecule has 0 spiro atoms. The Bertz CT molecular complexity index is 957. The Hall–Kier alpha value is -2.88. The van der Waals surface area contributed by atoms with Gasteiger partial charge in [-0.3, -0.25) is 19.0 Å². The van der Waals surface area contributed by atoms with Crippen molar-refractivity contribution in [2.24, 2.45) is 7.05 Å². The number of hydrogen-bond donors (Lipinski definition) is 2. The van der Waals surface area contributed by atoms with Gasteiger partial charge in [-0.15, -0.1) is 0 Å². The zero-order valence-corrected chi connectivity index (χ0v) is 16.6. The zero-order valence-electron chi connectivity index (χ0n) is 15.1. The van der Waals surface area contributed by atoms with Gasteiger partial charge in [0.25, 0.3) is 11.8 Å². The highest BCUT2D eigenvalue weighted by molar-refractivity contribution is 9.10. The van der Waals surface area contributed by atoms with Gasteiger partial charge in [0.2, 0.25) is 0 Å². The maximum absolute atomic E-state index is 12.8. The molecule has 2 amide bonds. The van der Waals surface area contributed by atoms with E-state index in [2.05, 4.69) is 36.8 Å². The van der Waals surface area contributed by atoms with Gasteiger partial charge in [-0.2, -0.15) is 10.2 Å². The van der Waals surface area contributed by atoms with Crippen LogP contribution in [-0.2, 0) is 23.9 Å². The normalized spacial score (nSPS) is 11.4. The molecule has 0 aliphatic rings. The molecule has 0 radical (unpaired) electrons. The first kappa shape index (κ1) is 18.9. The van der Waals surface area contributed by atoms with Crippen molar-refractivity contribution in [1.82, 2.24) is 24.9 Å². The molecule has 3 heterocycles. The third kappa shape index (κ3) is 3.95. The second kappa shape index (κ2) is 7.39. The number of amides is 2. The summed E-state index contributed by atoms with van der Waals surface area (Å²) in [6.07, 6.45) is 6.29. The van der Waals surface area contributed by atoms with Crippen molar-refractivity contribution in [3.05, 3.63) is 52.9 Å². The van der Waals surface area contributed by atoms with E-state index in [1.54, 1.807) is 50.1 Å². The van der Waals surface area contributed by atoms with Crippen molar-refractivity contribution in [1.29, 1.82) is 0 Å². The van der Waals surface area contributed by atoms with Gasteiger partial charge in [-0.05, 0) is 41.9 Å². The summed E-state index contributed by atoms with van der Waals surface area (Å²) < 4.78 is 8.92. The lowest BCUT2D eigenvalue weighted by Crippen LogP contribution is -2.41. The largest absolute Gasteiger partial charge is 0.467 e. The zero-order chi connectivity index (χ0) is 19.6. The standard InChI is InChI=1S/C17H19BrN6O3/c1-17(2,24-10-11(18)7-21-24)16(26)22-13-9-20-23(3)14(13)15(25)19-8-12-5-4-6-27-12/h4-7,9-10H,8H2,1-3H3,(H,19,25)(H,22,26). The SMILES string of the molecule is Cn1ncc(NC(=O)C(C)(C)n2cc(Br)cn2)c1C(=O)NCc1ccco1. The second-order valence-electron chi connectivity index (χ2n) is 6.41. The molecule has 0 saturated heterocycles. The van der Waals surface area contributed by atoms with Crippen LogP contribution in [0.3, 0.4) is 0 Å². The molecule has 27 heavy (non-hydrogen) atoms. The van der Waals surface area contributed by atoms with E-state index in [1.165, 1.54) is 17.1 Å². The number of carbonyl (C=O) groups excluding carboxylic acids is 2. The van der Waals surface area contributed by atoms with Crippen molar-refractivity contribution in [3.63, 3.8) is 0 Å². The van der Waals surface area contributed by atoms with Crippen molar-refractivity contribution < 1.29 is 14.0 Å². The summed E-state index contributed by atoms with van der Waals surface area (Å²) in [6.45, 7) is 3.70. The van der Waals surface area contributed by atoms with Crippen molar-refractivity contribution in [3.8, 4) is 0 Å². The molecule has 0 aliphatic heterocycles. The Morgan fingerprint density at radius 1 is 1.30 bits per heavy atom. The van der Waals surface area contributed by atoms with Crippen LogP contribution in [0.2, 0.25) is 0 Å². The number of nitrogens with zero attached hydrogens (tertiary/aromatic N) is 4. The Morgan fingerprint density at radius 2 is 2.07 bits per heavy atom. The monoisotopic (exact) mass is 434 g/mol. The molecule has 0 aliphatic carbocycles. The fraction of sp³-hybridized carbons (Fsp3) is 0.294. The van der Waals surface area contributed by atoms with Crippen LogP contribution in [0.15, 0.2) is 45.9 Å². The fourth-order valence-electron chi connectivity index (χ4n) is 2.45. The first-order valence-corrected chi connectivity index (χ1v) is 8.93.